The third kappa shape index (κ3) is 5.31. The maximum Gasteiger partial charge on any atom is 0.138 e. The highest BCUT2D eigenvalue weighted by Crippen LogP contribution is 2.09. The summed E-state index contributed by atoms with van der Waals surface area (Å²) in [5.74, 6) is 1.02. The van der Waals surface area contributed by atoms with Gasteiger partial charge in [-0.1, -0.05) is 39.0 Å². The molecular weight excluding hydrogens is 212 g/mol. The van der Waals surface area contributed by atoms with Crippen LogP contribution < -0.4 is 5.73 Å². The Bertz CT molecular complexity index is 295. The van der Waals surface area contributed by atoms with Gasteiger partial charge in [0.2, 0.25) is 0 Å². The van der Waals surface area contributed by atoms with Crippen molar-refractivity contribution in [2.45, 2.75) is 71.4 Å². The summed E-state index contributed by atoms with van der Waals surface area (Å²) in [5.41, 5.74) is 6.12. The minimum Gasteiger partial charge on any atom is -0.327 e. The van der Waals surface area contributed by atoms with Crippen molar-refractivity contribution in [2.24, 2.45) is 5.73 Å². The van der Waals surface area contributed by atoms with Crippen LogP contribution in [0, 0.1) is 0 Å². The average Bonchev–Trinajstić information content (AvgIpc) is 2.76. The Morgan fingerprint density at radius 3 is 2.71 bits per heavy atom. The monoisotopic (exact) mass is 238 g/mol. The van der Waals surface area contributed by atoms with Crippen molar-refractivity contribution in [3.8, 4) is 0 Å². The van der Waals surface area contributed by atoms with E-state index in [2.05, 4.69) is 23.9 Å². The molecule has 1 aromatic rings. The van der Waals surface area contributed by atoms with Crippen molar-refractivity contribution in [2.75, 3.05) is 0 Å². The van der Waals surface area contributed by atoms with Crippen LogP contribution in [0.15, 0.2) is 6.33 Å². The molecule has 1 rings (SSSR count). The van der Waals surface area contributed by atoms with E-state index >= 15 is 0 Å². The summed E-state index contributed by atoms with van der Waals surface area (Å²) in [4.78, 5) is 4.26. The van der Waals surface area contributed by atoms with Crippen molar-refractivity contribution in [1.82, 2.24) is 14.8 Å². The lowest BCUT2D eigenvalue weighted by atomic mass is 10.0. The predicted molar refractivity (Wildman–Crippen MR) is 70.8 cm³/mol. The number of nitrogens with zero attached hydrogens (tertiary/aromatic N) is 3. The number of nitrogens with two attached hydrogens (primary N) is 1. The number of unbranched alkanes of at least 4 members (excludes halogenated alkanes) is 4. The van der Waals surface area contributed by atoms with E-state index < -0.39 is 0 Å². The molecule has 4 nitrogen and oxygen atoms in total. The van der Waals surface area contributed by atoms with Crippen molar-refractivity contribution in [1.29, 1.82) is 0 Å². The fourth-order valence-electron chi connectivity index (χ4n) is 2.06. The van der Waals surface area contributed by atoms with Crippen LogP contribution in [0.1, 0.15) is 58.2 Å². The molecule has 1 heterocycles. The zero-order valence-corrected chi connectivity index (χ0v) is 11.2. The summed E-state index contributed by atoms with van der Waals surface area (Å²) in [7, 11) is 0. The van der Waals surface area contributed by atoms with Crippen LogP contribution in [0.5, 0.6) is 0 Å². The summed E-state index contributed by atoms with van der Waals surface area (Å²) in [6.07, 6.45) is 10.1. The molecule has 1 aromatic heterocycles. The average molecular weight is 238 g/mol. The highest BCUT2D eigenvalue weighted by atomic mass is 15.3. The first-order valence-corrected chi connectivity index (χ1v) is 6.90. The maximum absolute atomic E-state index is 6.12. The van der Waals surface area contributed by atoms with Gasteiger partial charge < -0.3 is 5.73 Å². The second kappa shape index (κ2) is 8.23. The van der Waals surface area contributed by atoms with Gasteiger partial charge in [0, 0.05) is 19.0 Å². The summed E-state index contributed by atoms with van der Waals surface area (Å²) in [6.45, 7) is 5.19. The van der Waals surface area contributed by atoms with Crippen LogP contribution >= 0.6 is 0 Å². The molecule has 0 aliphatic heterocycles. The third-order valence-corrected chi connectivity index (χ3v) is 3.12. The largest absolute Gasteiger partial charge is 0.327 e. The number of rotatable bonds is 9. The molecule has 17 heavy (non-hydrogen) atoms. The predicted octanol–water partition coefficient (Wildman–Crippen LogP) is 2.53. The van der Waals surface area contributed by atoms with E-state index in [0.29, 0.717) is 0 Å². The molecule has 0 saturated carbocycles. The highest BCUT2D eigenvalue weighted by molar-refractivity contribution is 4.88. The van der Waals surface area contributed by atoms with Crippen LogP contribution in [-0.4, -0.2) is 20.8 Å². The van der Waals surface area contributed by atoms with Crippen molar-refractivity contribution >= 4 is 0 Å². The van der Waals surface area contributed by atoms with Crippen molar-refractivity contribution in [3.63, 3.8) is 0 Å². The molecule has 1 atom stereocenters. The molecule has 0 amide bonds. The van der Waals surface area contributed by atoms with Crippen molar-refractivity contribution in [3.05, 3.63) is 12.2 Å². The second-order valence-corrected chi connectivity index (χ2v) is 4.66. The van der Waals surface area contributed by atoms with Crippen molar-refractivity contribution < 1.29 is 0 Å². The Hall–Kier alpha value is -0.900. The SMILES string of the molecule is CCCCCCCC(N)Cc1ncnn1CC. The third-order valence-electron chi connectivity index (χ3n) is 3.12. The van der Waals surface area contributed by atoms with E-state index in [4.69, 9.17) is 5.73 Å². The summed E-state index contributed by atoms with van der Waals surface area (Å²) in [6, 6.07) is 0.228. The molecule has 4 heteroatoms. The molecule has 2 N–H and O–H groups in total. The van der Waals surface area contributed by atoms with Gasteiger partial charge >= 0.3 is 0 Å². The lowest BCUT2D eigenvalue weighted by molar-refractivity contribution is 0.512. The van der Waals surface area contributed by atoms with E-state index in [1.165, 1.54) is 32.1 Å². The molecular formula is C13H26N4. The van der Waals surface area contributed by atoms with Crippen LogP contribution in [0.3, 0.4) is 0 Å². The Balaban J connectivity index is 2.18. The molecule has 0 radical (unpaired) electrons. The highest BCUT2D eigenvalue weighted by Gasteiger charge is 2.08. The summed E-state index contributed by atoms with van der Waals surface area (Å²) >= 11 is 0. The van der Waals surface area contributed by atoms with E-state index in [1.54, 1.807) is 6.33 Å². The summed E-state index contributed by atoms with van der Waals surface area (Å²) in [5, 5.41) is 4.16. The van der Waals surface area contributed by atoms with Gasteiger partial charge in [-0.15, -0.1) is 0 Å². The molecule has 0 spiro atoms. The van der Waals surface area contributed by atoms with Crippen LogP contribution in [0.2, 0.25) is 0 Å². The number of hydrogen-bond acceptors (Lipinski definition) is 3. The van der Waals surface area contributed by atoms with Gasteiger partial charge in [-0.05, 0) is 13.3 Å². The Kier molecular flexibility index (Phi) is 6.86. The normalized spacial score (nSPS) is 12.9. The topological polar surface area (TPSA) is 56.7 Å². The zero-order valence-electron chi connectivity index (χ0n) is 11.2. The van der Waals surface area contributed by atoms with Crippen LogP contribution in [0.4, 0.5) is 0 Å². The lowest BCUT2D eigenvalue weighted by Crippen LogP contribution is -2.24. The van der Waals surface area contributed by atoms with E-state index in [9.17, 15) is 0 Å². The molecule has 98 valence electrons. The van der Waals surface area contributed by atoms with Crippen LogP contribution in [0.25, 0.3) is 0 Å². The zero-order chi connectivity index (χ0) is 12.5. The molecule has 0 saturated heterocycles. The fraction of sp³-hybridized carbons (Fsp3) is 0.846. The molecule has 0 aromatic carbocycles. The van der Waals surface area contributed by atoms with Gasteiger partial charge in [0.05, 0.1) is 0 Å². The molecule has 0 fully saturated rings. The Morgan fingerprint density at radius 2 is 2.00 bits per heavy atom. The standard InChI is InChI=1S/C13H26N4/c1-3-5-6-7-8-9-12(14)10-13-15-11-16-17(13)4-2/h11-12H,3-10,14H2,1-2H3. The number of aryl methyl sites for hydroxylation is 1. The Morgan fingerprint density at radius 1 is 1.24 bits per heavy atom. The van der Waals surface area contributed by atoms with Gasteiger partial charge in [0.1, 0.15) is 12.2 Å². The first-order chi connectivity index (χ1) is 8.27. The molecule has 0 aliphatic carbocycles. The van der Waals surface area contributed by atoms with E-state index in [1.807, 2.05) is 4.68 Å². The second-order valence-electron chi connectivity index (χ2n) is 4.66. The first kappa shape index (κ1) is 14.2. The number of hydrogen-bond donors (Lipinski definition) is 1. The minimum absolute atomic E-state index is 0.228. The lowest BCUT2D eigenvalue weighted by Gasteiger charge is -2.11. The van der Waals surface area contributed by atoms with Gasteiger partial charge in [-0.25, -0.2) is 4.98 Å². The molecule has 0 aliphatic rings. The van der Waals surface area contributed by atoms with Gasteiger partial charge in [-0.2, -0.15) is 5.10 Å². The maximum atomic E-state index is 6.12. The summed E-state index contributed by atoms with van der Waals surface area (Å²) < 4.78 is 1.93. The number of aromatic nitrogens is 3. The smallest absolute Gasteiger partial charge is 0.138 e. The molecule has 0 bridgehead atoms. The van der Waals surface area contributed by atoms with E-state index in [-0.39, 0.29) is 6.04 Å². The van der Waals surface area contributed by atoms with Gasteiger partial charge in [0.15, 0.2) is 0 Å². The van der Waals surface area contributed by atoms with Gasteiger partial charge in [0.25, 0.3) is 0 Å². The minimum atomic E-state index is 0.228. The Labute approximate surface area is 105 Å². The first-order valence-electron chi connectivity index (χ1n) is 6.90. The quantitative estimate of drug-likeness (QED) is 0.673. The van der Waals surface area contributed by atoms with E-state index in [0.717, 1.165) is 25.2 Å². The molecule has 1 unspecified atom stereocenters. The fourth-order valence-corrected chi connectivity index (χ4v) is 2.06. The van der Waals surface area contributed by atoms with Crippen LogP contribution in [-0.2, 0) is 13.0 Å². The van der Waals surface area contributed by atoms with Gasteiger partial charge in [-0.3, -0.25) is 4.68 Å².